The Balaban J connectivity index is 1.95. The molecule has 2 aromatic carbocycles. The van der Waals surface area contributed by atoms with Crippen molar-refractivity contribution in [3.8, 4) is 5.69 Å². The molecule has 25 heavy (non-hydrogen) atoms. The van der Waals surface area contributed by atoms with Crippen LogP contribution in [0.4, 0.5) is 5.69 Å². The molecule has 5 nitrogen and oxygen atoms in total. The van der Waals surface area contributed by atoms with Gasteiger partial charge in [0.2, 0.25) is 10.0 Å². The van der Waals surface area contributed by atoms with Crippen LogP contribution in [0.3, 0.4) is 0 Å². The third kappa shape index (κ3) is 3.98. The second-order valence-electron chi connectivity index (χ2n) is 5.45. The maximum absolute atomic E-state index is 12.3. The lowest BCUT2D eigenvalue weighted by atomic mass is 10.2. The summed E-state index contributed by atoms with van der Waals surface area (Å²) in [6, 6.07) is 14.1. The topological polar surface area (TPSA) is 55.2 Å². The molecule has 0 saturated heterocycles. The van der Waals surface area contributed by atoms with Gasteiger partial charge in [-0.2, -0.15) is 5.10 Å². The van der Waals surface area contributed by atoms with Gasteiger partial charge in [-0.3, -0.25) is 4.31 Å². The summed E-state index contributed by atoms with van der Waals surface area (Å²) in [7, 11) is -3.50. The second kappa shape index (κ2) is 7.07. The van der Waals surface area contributed by atoms with E-state index in [4.69, 9.17) is 23.2 Å². The summed E-state index contributed by atoms with van der Waals surface area (Å²) in [5.41, 5.74) is 2.01. The molecule has 0 amide bonds. The Hall–Kier alpha value is -2.02. The summed E-state index contributed by atoms with van der Waals surface area (Å²) in [5.74, 6) is 0. The molecule has 0 saturated carbocycles. The number of hydrogen-bond donors (Lipinski definition) is 0. The molecule has 8 heteroatoms. The predicted molar refractivity (Wildman–Crippen MR) is 101 cm³/mol. The van der Waals surface area contributed by atoms with Crippen LogP contribution < -0.4 is 4.31 Å². The van der Waals surface area contributed by atoms with Gasteiger partial charge >= 0.3 is 0 Å². The number of halogens is 2. The van der Waals surface area contributed by atoms with Crippen molar-refractivity contribution in [1.29, 1.82) is 0 Å². The van der Waals surface area contributed by atoms with Crippen molar-refractivity contribution in [2.45, 2.75) is 6.54 Å². The van der Waals surface area contributed by atoms with Crippen LogP contribution in [0, 0.1) is 0 Å². The predicted octanol–water partition coefficient (Wildman–Crippen LogP) is 4.15. The summed E-state index contributed by atoms with van der Waals surface area (Å²) in [4.78, 5) is 0. The van der Waals surface area contributed by atoms with Crippen molar-refractivity contribution < 1.29 is 8.42 Å². The molecule has 0 bridgehead atoms. The molecule has 0 N–H and O–H groups in total. The lowest BCUT2D eigenvalue weighted by Gasteiger charge is -2.23. The Bertz CT molecular complexity index is 972. The number of aromatic nitrogens is 2. The van der Waals surface area contributed by atoms with Crippen LogP contribution in [0.15, 0.2) is 60.9 Å². The molecule has 0 aliphatic rings. The summed E-state index contributed by atoms with van der Waals surface area (Å²) in [6.45, 7) is 0.0966. The van der Waals surface area contributed by atoms with Gasteiger partial charge in [-0.05, 0) is 42.0 Å². The fraction of sp³-hybridized carbons (Fsp3) is 0.118. The van der Waals surface area contributed by atoms with E-state index in [0.717, 1.165) is 11.9 Å². The van der Waals surface area contributed by atoms with Crippen LogP contribution in [0.5, 0.6) is 0 Å². The van der Waals surface area contributed by atoms with E-state index in [1.54, 1.807) is 53.3 Å². The van der Waals surface area contributed by atoms with Crippen molar-refractivity contribution >= 4 is 38.9 Å². The molecular formula is C17H15Cl2N3O2S. The van der Waals surface area contributed by atoms with Crippen LogP contribution in [-0.4, -0.2) is 24.5 Å². The van der Waals surface area contributed by atoms with Gasteiger partial charge in [0.15, 0.2) is 0 Å². The minimum atomic E-state index is -3.50. The highest BCUT2D eigenvalue weighted by molar-refractivity contribution is 7.92. The van der Waals surface area contributed by atoms with Crippen LogP contribution in [0.25, 0.3) is 5.69 Å². The minimum Gasteiger partial charge on any atom is -0.266 e. The Morgan fingerprint density at radius 1 is 1.08 bits per heavy atom. The summed E-state index contributed by atoms with van der Waals surface area (Å²) >= 11 is 12.2. The van der Waals surface area contributed by atoms with Gasteiger partial charge in [-0.15, -0.1) is 0 Å². The van der Waals surface area contributed by atoms with Crippen LogP contribution in [0.2, 0.25) is 10.0 Å². The van der Waals surface area contributed by atoms with Gasteiger partial charge in [0.05, 0.1) is 34.2 Å². The monoisotopic (exact) mass is 395 g/mol. The maximum Gasteiger partial charge on any atom is 0.232 e. The first-order valence-corrected chi connectivity index (χ1v) is 9.97. The van der Waals surface area contributed by atoms with Crippen molar-refractivity contribution in [3.05, 3.63) is 76.5 Å². The Labute approximate surface area is 156 Å². The molecule has 0 aliphatic carbocycles. The first-order chi connectivity index (χ1) is 11.9. The SMILES string of the molecule is CS(=O)(=O)N(Cc1cccc(Cl)c1Cl)c1ccc(-n2cccn2)cc1. The van der Waals surface area contributed by atoms with Gasteiger partial charge in [0.1, 0.15) is 0 Å². The van der Waals surface area contributed by atoms with E-state index in [1.165, 1.54) is 4.31 Å². The third-order valence-corrected chi connectivity index (χ3v) is 5.65. The van der Waals surface area contributed by atoms with E-state index in [2.05, 4.69) is 5.10 Å². The molecule has 0 unspecified atom stereocenters. The van der Waals surface area contributed by atoms with E-state index in [9.17, 15) is 8.42 Å². The van der Waals surface area contributed by atoms with Gasteiger partial charge in [0, 0.05) is 12.4 Å². The van der Waals surface area contributed by atoms with Gasteiger partial charge in [-0.25, -0.2) is 13.1 Å². The number of rotatable bonds is 5. The number of hydrogen-bond acceptors (Lipinski definition) is 3. The van der Waals surface area contributed by atoms with E-state index < -0.39 is 10.0 Å². The molecule has 3 rings (SSSR count). The molecule has 1 heterocycles. The van der Waals surface area contributed by atoms with Crippen LogP contribution in [-0.2, 0) is 16.6 Å². The van der Waals surface area contributed by atoms with E-state index in [-0.39, 0.29) is 6.54 Å². The van der Waals surface area contributed by atoms with Crippen molar-refractivity contribution in [2.24, 2.45) is 0 Å². The lowest BCUT2D eigenvalue weighted by molar-refractivity contribution is 0.596. The summed E-state index contributed by atoms with van der Waals surface area (Å²) in [5, 5.41) is 4.89. The maximum atomic E-state index is 12.3. The smallest absolute Gasteiger partial charge is 0.232 e. The second-order valence-corrected chi connectivity index (χ2v) is 8.14. The fourth-order valence-corrected chi connectivity index (χ4v) is 3.68. The quantitative estimate of drug-likeness (QED) is 0.651. The Morgan fingerprint density at radius 3 is 2.40 bits per heavy atom. The average molecular weight is 396 g/mol. The van der Waals surface area contributed by atoms with Crippen molar-refractivity contribution in [1.82, 2.24) is 9.78 Å². The first-order valence-electron chi connectivity index (χ1n) is 7.37. The van der Waals surface area contributed by atoms with Crippen LogP contribution >= 0.6 is 23.2 Å². The van der Waals surface area contributed by atoms with Crippen LogP contribution in [0.1, 0.15) is 5.56 Å². The molecule has 0 radical (unpaired) electrons. The first kappa shape index (κ1) is 17.8. The average Bonchev–Trinajstić information content (AvgIpc) is 3.10. The highest BCUT2D eigenvalue weighted by Gasteiger charge is 2.19. The fourth-order valence-electron chi connectivity index (χ4n) is 2.42. The lowest BCUT2D eigenvalue weighted by Crippen LogP contribution is -2.29. The molecule has 0 spiro atoms. The van der Waals surface area contributed by atoms with Crippen molar-refractivity contribution in [2.75, 3.05) is 10.6 Å². The molecule has 130 valence electrons. The number of sulfonamides is 1. The Kier molecular flexibility index (Phi) is 5.03. The van der Waals surface area contributed by atoms with Crippen molar-refractivity contribution in [3.63, 3.8) is 0 Å². The largest absolute Gasteiger partial charge is 0.266 e. The van der Waals surface area contributed by atoms with E-state index in [0.29, 0.717) is 21.3 Å². The number of anilines is 1. The molecular weight excluding hydrogens is 381 g/mol. The molecule has 0 atom stereocenters. The van der Waals surface area contributed by atoms with Gasteiger partial charge in [0.25, 0.3) is 0 Å². The highest BCUT2D eigenvalue weighted by atomic mass is 35.5. The minimum absolute atomic E-state index is 0.0966. The van der Waals surface area contributed by atoms with E-state index >= 15 is 0 Å². The van der Waals surface area contributed by atoms with E-state index in [1.807, 2.05) is 12.3 Å². The zero-order chi connectivity index (χ0) is 18.0. The normalized spacial score (nSPS) is 11.5. The zero-order valence-electron chi connectivity index (χ0n) is 13.3. The molecule has 0 aliphatic heterocycles. The zero-order valence-corrected chi connectivity index (χ0v) is 15.6. The third-order valence-electron chi connectivity index (χ3n) is 3.65. The molecule has 3 aromatic rings. The van der Waals surface area contributed by atoms with Gasteiger partial charge < -0.3 is 0 Å². The molecule has 1 aromatic heterocycles. The summed E-state index contributed by atoms with van der Waals surface area (Å²) < 4.78 is 27.5. The number of nitrogens with zero attached hydrogens (tertiary/aromatic N) is 3. The number of benzene rings is 2. The van der Waals surface area contributed by atoms with Gasteiger partial charge in [-0.1, -0.05) is 35.3 Å². The highest BCUT2D eigenvalue weighted by Crippen LogP contribution is 2.29. The Morgan fingerprint density at radius 2 is 1.80 bits per heavy atom. The molecule has 0 fully saturated rings. The summed E-state index contributed by atoms with van der Waals surface area (Å²) in [6.07, 6.45) is 4.65. The standard InChI is InChI=1S/C17H15Cl2N3O2S/c1-25(23,24)22(12-13-4-2-5-16(18)17(13)19)15-8-6-14(7-9-15)21-11-3-10-20-21/h2-11H,12H2,1H3.